The predicted octanol–water partition coefficient (Wildman–Crippen LogP) is 2.21. The molecule has 0 fully saturated rings. The minimum Gasteiger partial charge on any atom is -0.353 e. The summed E-state index contributed by atoms with van der Waals surface area (Å²) in [7, 11) is 0. The Morgan fingerprint density at radius 1 is 1.42 bits per heavy atom. The third-order valence-corrected chi connectivity index (χ3v) is 4.28. The molecule has 0 saturated heterocycles. The number of carbonyl (C=O) groups excluding carboxylic acids is 1. The first-order valence-corrected chi connectivity index (χ1v) is 7.21. The maximum absolute atomic E-state index is 12.4. The Labute approximate surface area is 115 Å². The Morgan fingerprint density at radius 3 is 2.89 bits per heavy atom. The van der Waals surface area contributed by atoms with Crippen molar-refractivity contribution < 1.29 is 4.79 Å². The number of aryl methyl sites for hydroxylation is 1. The monoisotopic (exact) mass is 260 g/mol. The van der Waals surface area contributed by atoms with E-state index in [9.17, 15) is 4.79 Å². The van der Waals surface area contributed by atoms with Gasteiger partial charge in [-0.2, -0.15) is 0 Å². The molecule has 1 aliphatic carbocycles. The quantitative estimate of drug-likeness (QED) is 0.872. The minimum absolute atomic E-state index is 0.0115. The molecular formula is C16H24N2O. The van der Waals surface area contributed by atoms with E-state index in [1.807, 2.05) is 13.0 Å². The highest BCUT2D eigenvalue weighted by Gasteiger charge is 2.27. The van der Waals surface area contributed by atoms with Crippen LogP contribution in [0.4, 0.5) is 0 Å². The van der Waals surface area contributed by atoms with Gasteiger partial charge in [-0.1, -0.05) is 31.2 Å². The average Bonchev–Trinajstić information content (AvgIpc) is 2.45. The van der Waals surface area contributed by atoms with E-state index < -0.39 is 0 Å². The zero-order valence-electron chi connectivity index (χ0n) is 11.9. The van der Waals surface area contributed by atoms with E-state index in [1.165, 1.54) is 11.1 Å². The van der Waals surface area contributed by atoms with E-state index in [4.69, 9.17) is 5.73 Å². The Morgan fingerprint density at radius 2 is 2.16 bits per heavy atom. The first-order valence-electron chi connectivity index (χ1n) is 7.21. The highest BCUT2D eigenvalue weighted by Crippen LogP contribution is 2.31. The molecule has 3 heteroatoms. The molecule has 3 N–H and O–H groups in total. The lowest BCUT2D eigenvalue weighted by Crippen LogP contribution is -2.42. The second kappa shape index (κ2) is 6.20. The van der Waals surface area contributed by atoms with Gasteiger partial charge >= 0.3 is 0 Å². The summed E-state index contributed by atoms with van der Waals surface area (Å²) in [5.74, 6) is 0.472. The van der Waals surface area contributed by atoms with Crippen LogP contribution in [0.25, 0.3) is 0 Å². The highest BCUT2D eigenvalue weighted by molar-refractivity contribution is 5.84. The normalized spacial score (nSPS) is 21.3. The summed E-state index contributed by atoms with van der Waals surface area (Å²) in [5.41, 5.74) is 8.19. The molecule has 3 unspecified atom stereocenters. The van der Waals surface area contributed by atoms with E-state index in [-0.39, 0.29) is 17.9 Å². The van der Waals surface area contributed by atoms with Crippen molar-refractivity contribution in [2.24, 2.45) is 11.7 Å². The van der Waals surface area contributed by atoms with Gasteiger partial charge in [0.2, 0.25) is 5.91 Å². The van der Waals surface area contributed by atoms with Crippen LogP contribution >= 0.6 is 0 Å². The van der Waals surface area contributed by atoms with Gasteiger partial charge in [0, 0.05) is 6.04 Å². The molecule has 0 bridgehead atoms. The number of nitrogens with one attached hydrogen (secondary N) is 1. The molecule has 1 aromatic rings. The number of hydrogen-bond donors (Lipinski definition) is 2. The first kappa shape index (κ1) is 14.1. The van der Waals surface area contributed by atoms with Gasteiger partial charge in [0.15, 0.2) is 0 Å². The predicted molar refractivity (Wildman–Crippen MR) is 77.9 cm³/mol. The molecule has 1 aromatic carbocycles. The van der Waals surface area contributed by atoms with E-state index >= 15 is 0 Å². The first-order chi connectivity index (χ1) is 9.13. The van der Waals surface area contributed by atoms with Gasteiger partial charge in [-0.05, 0) is 49.8 Å². The summed E-state index contributed by atoms with van der Waals surface area (Å²) in [6.45, 7) is 4.70. The third kappa shape index (κ3) is 3.16. The van der Waals surface area contributed by atoms with Crippen molar-refractivity contribution in [3.63, 3.8) is 0 Å². The maximum atomic E-state index is 12.4. The van der Waals surface area contributed by atoms with E-state index in [2.05, 4.69) is 30.4 Å². The SMILES string of the molecule is CC(CN)C(C)NC(=O)C1CCCc2ccccc21. The van der Waals surface area contributed by atoms with Gasteiger partial charge in [-0.25, -0.2) is 0 Å². The number of rotatable bonds is 4. The van der Waals surface area contributed by atoms with Crippen molar-refractivity contribution in [3.05, 3.63) is 35.4 Å². The van der Waals surface area contributed by atoms with Crippen LogP contribution in [0.2, 0.25) is 0 Å². The second-order valence-electron chi connectivity index (χ2n) is 5.65. The lowest BCUT2D eigenvalue weighted by molar-refractivity contribution is -0.123. The topological polar surface area (TPSA) is 55.1 Å². The summed E-state index contributed by atoms with van der Waals surface area (Å²) in [4.78, 5) is 12.4. The van der Waals surface area contributed by atoms with E-state index in [0.29, 0.717) is 12.5 Å². The van der Waals surface area contributed by atoms with Crippen molar-refractivity contribution in [2.75, 3.05) is 6.54 Å². The molecule has 1 aliphatic rings. The van der Waals surface area contributed by atoms with Crippen LogP contribution in [0, 0.1) is 5.92 Å². The molecule has 0 heterocycles. The molecule has 19 heavy (non-hydrogen) atoms. The average molecular weight is 260 g/mol. The largest absolute Gasteiger partial charge is 0.353 e. The Hall–Kier alpha value is -1.35. The van der Waals surface area contributed by atoms with Crippen molar-refractivity contribution in [1.29, 1.82) is 0 Å². The van der Waals surface area contributed by atoms with Crippen LogP contribution in [-0.4, -0.2) is 18.5 Å². The fourth-order valence-electron chi connectivity index (χ4n) is 2.70. The zero-order chi connectivity index (χ0) is 13.8. The van der Waals surface area contributed by atoms with Crippen LogP contribution in [0.3, 0.4) is 0 Å². The van der Waals surface area contributed by atoms with Gasteiger partial charge in [0.25, 0.3) is 0 Å². The molecular weight excluding hydrogens is 236 g/mol. The number of fused-ring (bicyclic) bond motifs is 1. The Bertz CT molecular complexity index is 444. The zero-order valence-corrected chi connectivity index (χ0v) is 11.9. The number of carbonyl (C=O) groups is 1. The molecule has 0 radical (unpaired) electrons. The van der Waals surface area contributed by atoms with Gasteiger partial charge in [0.05, 0.1) is 5.92 Å². The van der Waals surface area contributed by atoms with Crippen molar-refractivity contribution in [2.45, 2.75) is 45.1 Å². The van der Waals surface area contributed by atoms with Crippen molar-refractivity contribution >= 4 is 5.91 Å². The fraction of sp³-hybridized carbons (Fsp3) is 0.562. The van der Waals surface area contributed by atoms with Crippen LogP contribution in [-0.2, 0) is 11.2 Å². The molecule has 0 saturated carbocycles. The summed E-state index contributed by atoms with van der Waals surface area (Å²) >= 11 is 0. The number of hydrogen-bond acceptors (Lipinski definition) is 2. The van der Waals surface area contributed by atoms with Crippen LogP contribution in [0.15, 0.2) is 24.3 Å². The lowest BCUT2D eigenvalue weighted by atomic mass is 9.82. The number of nitrogens with two attached hydrogens (primary N) is 1. The Balaban J connectivity index is 2.09. The lowest BCUT2D eigenvalue weighted by Gasteiger charge is -2.27. The van der Waals surface area contributed by atoms with Crippen LogP contribution in [0.1, 0.15) is 43.7 Å². The molecule has 3 atom stereocenters. The van der Waals surface area contributed by atoms with Gasteiger partial charge in [-0.15, -0.1) is 0 Å². The molecule has 3 nitrogen and oxygen atoms in total. The van der Waals surface area contributed by atoms with Crippen LogP contribution < -0.4 is 11.1 Å². The van der Waals surface area contributed by atoms with Crippen molar-refractivity contribution in [3.8, 4) is 0 Å². The molecule has 1 amide bonds. The second-order valence-corrected chi connectivity index (χ2v) is 5.65. The van der Waals surface area contributed by atoms with E-state index in [1.54, 1.807) is 0 Å². The smallest absolute Gasteiger partial charge is 0.227 e. The van der Waals surface area contributed by atoms with Gasteiger partial charge in [0.1, 0.15) is 0 Å². The van der Waals surface area contributed by atoms with Gasteiger partial charge in [-0.3, -0.25) is 4.79 Å². The van der Waals surface area contributed by atoms with Gasteiger partial charge < -0.3 is 11.1 Å². The Kier molecular flexibility index (Phi) is 4.59. The third-order valence-electron chi connectivity index (χ3n) is 4.28. The minimum atomic E-state index is 0.0115. The summed E-state index contributed by atoms with van der Waals surface area (Å²) in [6, 6.07) is 8.44. The molecule has 2 rings (SSSR count). The summed E-state index contributed by atoms with van der Waals surface area (Å²) < 4.78 is 0. The standard InChI is InChI=1S/C16H24N2O/c1-11(10-17)12(2)18-16(19)15-9-5-7-13-6-3-4-8-14(13)15/h3-4,6,8,11-12,15H,5,7,9-10,17H2,1-2H3,(H,18,19). The molecule has 0 aliphatic heterocycles. The number of amides is 1. The highest BCUT2D eigenvalue weighted by atomic mass is 16.1. The fourth-order valence-corrected chi connectivity index (χ4v) is 2.70. The molecule has 104 valence electrons. The summed E-state index contributed by atoms with van der Waals surface area (Å²) in [6.07, 6.45) is 3.14. The molecule has 0 spiro atoms. The number of benzene rings is 1. The van der Waals surface area contributed by atoms with Crippen molar-refractivity contribution in [1.82, 2.24) is 5.32 Å². The summed E-state index contributed by atoms with van der Waals surface area (Å²) in [5, 5.41) is 3.12. The maximum Gasteiger partial charge on any atom is 0.227 e. The van der Waals surface area contributed by atoms with Crippen LogP contribution in [0.5, 0.6) is 0 Å². The van der Waals surface area contributed by atoms with E-state index in [0.717, 1.165) is 19.3 Å². The molecule has 0 aromatic heterocycles.